The Bertz CT molecular complexity index is 631. The summed E-state index contributed by atoms with van der Waals surface area (Å²) in [5.41, 5.74) is 2.49. The van der Waals surface area contributed by atoms with Crippen LogP contribution in [0.4, 0.5) is 10.5 Å². The first kappa shape index (κ1) is 10.6. The molecule has 5 heteroatoms. The van der Waals surface area contributed by atoms with Crippen LogP contribution < -0.4 is 10.6 Å². The number of anilines is 1. The van der Waals surface area contributed by atoms with Crippen LogP contribution in [0, 0.1) is 0 Å². The van der Waals surface area contributed by atoms with Crippen molar-refractivity contribution < 1.29 is 14.0 Å². The Balaban J connectivity index is 2.12. The molecule has 18 heavy (non-hydrogen) atoms. The predicted octanol–water partition coefficient (Wildman–Crippen LogP) is 2.39. The maximum atomic E-state index is 11.4. The highest BCUT2D eigenvalue weighted by Crippen LogP contribution is 2.33. The lowest BCUT2D eigenvalue weighted by atomic mass is 10.0. The van der Waals surface area contributed by atoms with Gasteiger partial charge >= 0.3 is 6.03 Å². The lowest BCUT2D eigenvalue weighted by Crippen LogP contribution is -2.33. The standard InChI is InChI=1S/C13H10N2O3/c16-7-9-4-5-11(18-9)10-3-1-2-8-6-14-13(17)15-12(8)10/h1-5,7H,6H2,(H2,14,15,17). The third-order valence-electron chi connectivity index (χ3n) is 2.84. The van der Waals surface area contributed by atoms with Gasteiger partial charge in [0, 0.05) is 12.1 Å². The van der Waals surface area contributed by atoms with Gasteiger partial charge in [0.05, 0.1) is 5.69 Å². The summed E-state index contributed by atoms with van der Waals surface area (Å²) in [5.74, 6) is 0.832. The number of fused-ring (bicyclic) bond motifs is 1. The molecule has 1 aliphatic heterocycles. The fourth-order valence-electron chi connectivity index (χ4n) is 1.99. The smallest absolute Gasteiger partial charge is 0.319 e. The van der Waals surface area contributed by atoms with Gasteiger partial charge in [0.15, 0.2) is 12.0 Å². The van der Waals surface area contributed by atoms with E-state index in [1.807, 2.05) is 18.2 Å². The van der Waals surface area contributed by atoms with Gasteiger partial charge in [-0.05, 0) is 23.8 Å². The molecule has 0 aliphatic carbocycles. The molecule has 0 saturated heterocycles. The van der Waals surface area contributed by atoms with E-state index in [-0.39, 0.29) is 11.8 Å². The van der Waals surface area contributed by atoms with Crippen molar-refractivity contribution in [2.45, 2.75) is 6.54 Å². The number of carbonyl (C=O) groups is 2. The first-order valence-corrected chi connectivity index (χ1v) is 5.50. The Morgan fingerprint density at radius 2 is 2.11 bits per heavy atom. The normalized spacial score (nSPS) is 13.4. The summed E-state index contributed by atoms with van der Waals surface area (Å²) in [4.78, 5) is 22.0. The SMILES string of the molecule is O=Cc1ccc(-c2cccc3c2NC(=O)NC3)o1. The highest BCUT2D eigenvalue weighted by molar-refractivity contribution is 5.97. The number of nitrogens with one attached hydrogen (secondary N) is 2. The van der Waals surface area contributed by atoms with E-state index in [0.29, 0.717) is 18.6 Å². The Morgan fingerprint density at radius 1 is 1.22 bits per heavy atom. The van der Waals surface area contributed by atoms with Gasteiger partial charge in [0.25, 0.3) is 0 Å². The zero-order valence-corrected chi connectivity index (χ0v) is 9.40. The maximum absolute atomic E-state index is 11.4. The molecule has 1 aromatic carbocycles. The number of aldehydes is 1. The summed E-state index contributed by atoms with van der Waals surface area (Å²) >= 11 is 0. The summed E-state index contributed by atoms with van der Waals surface area (Å²) in [6, 6.07) is 8.73. The van der Waals surface area contributed by atoms with Crippen molar-refractivity contribution in [1.82, 2.24) is 5.32 Å². The van der Waals surface area contributed by atoms with E-state index >= 15 is 0 Å². The fraction of sp³-hybridized carbons (Fsp3) is 0.0769. The van der Waals surface area contributed by atoms with E-state index in [2.05, 4.69) is 10.6 Å². The van der Waals surface area contributed by atoms with Gasteiger partial charge in [-0.3, -0.25) is 4.79 Å². The van der Waals surface area contributed by atoms with Crippen LogP contribution in [0.25, 0.3) is 11.3 Å². The van der Waals surface area contributed by atoms with E-state index in [1.165, 1.54) is 0 Å². The minimum Gasteiger partial charge on any atom is -0.453 e. The molecule has 2 aromatic rings. The number of para-hydroxylation sites is 1. The van der Waals surface area contributed by atoms with Crippen LogP contribution in [0.5, 0.6) is 0 Å². The quantitative estimate of drug-likeness (QED) is 0.794. The molecule has 1 aromatic heterocycles. The molecule has 5 nitrogen and oxygen atoms in total. The first-order valence-electron chi connectivity index (χ1n) is 5.50. The van der Waals surface area contributed by atoms with Crippen LogP contribution in [-0.4, -0.2) is 12.3 Å². The van der Waals surface area contributed by atoms with E-state index < -0.39 is 0 Å². The van der Waals surface area contributed by atoms with Crippen molar-refractivity contribution in [2.24, 2.45) is 0 Å². The van der Waals surface area contributed by atoms with Crippen LogP contribution in [0.2, 0.25) is 0 Å². The summed E-state index contributed by atoms with van der Waals surface area (Å²) in [6.45, 7) is 0.482. The van der Waals surface area contributed by atoms with Crippen molar-refractivity contribution in [2.75, 3.05) is 5.32 Å². The maximum Gasteiger partial charge on any atom is 0.319 e. The minimum atomic E-state index is -0.239. The monoisotopic (exact) mass is 242 g/mol. The third kappa shape index (κ3) is 1.66. The van der Waals surface area contributed by atoms with Crippen molar-refractivity contribution in [3.8, 4) is 11.3 Å². The number of carbonyl (C=O) groups excluding carboxylic acids is 2. The molecule has 2 amide bonds. The number of hydrogen-bond acceptors (Lipinski definition) is 3. The van der Waals surface area contributed by atoms with Crippen molar-refractivity contribution in [3.05, 3.63) is 41.7 Å². The minimum absolute atomic E-state index is 0.239. The van der Waals surface area contributed by atoms with Crippen molar-refractivity contribution >= 4 is 18.0 Å². The molecule has 90 valence electrons. The van der Waals surface area contributed by atoms with Crippen LogP contribution in [0.3, 0.4) is 0 Å². The van der Waals surface area contributed by atoms with Crippen molar-refractivity contribution in [3.63, 3.8) is 0 Å². The second-order valence-electron chi connectivity index (χ2n) is 3.97. The molecule has 0 radical (unpaired) electrons. The lowest BCUT2D eigenvalue weighted by molar-refractivity contribution is 0.110. The molecular formula is C13H10N2O3. The number of amides is 2. The number of hydrogen-bond donors (Lipinski definition) is 2. The lowest BCUT2D eigenvalue weighted by Gasteiger charge is -2.20. The number of rotatable bonds is 2. The highest BCUT2D eigenvalue weighted by atomic mass is 16.3. The molecule has 0 unspecified atom stereocenters. The van der Waals surface area contributed by atoms with Crippen LogP contribution in [-0.2, 0) is 6.54 Å². The molecule has 2 N–H and O–H groups in total. The molecule has 2 heterocycles. The number of benzene rings is 1. The zero-order valence-electron chi connectivity index (χ0n) is 9.40. The number of urea groups is 1. The van der Waals surface area contributed by atoms with Gasteiger partial charge < -0.3 is 15.1 Å². The summed E-state index contributed by atoms with van der Waals surface area (Å²) in [7, 11) is 0. The van der Waals surface area contributed by atoms with Gasteiger partial charge in [-0.2, -0.15) is 0 Å². The van der Waals surface area contributed by atoms with Crippen LogP contribution in [0.1, 0.15) is 16.1 Å². The van der Waals surface area contributed by atoms with E-state index in [9.17, 15) is 9.59 Å². The molecule has 0 fully saturated rings. The molecular weight excluding hydrogens is 232 g/mol. The third-order valence-corrected chi connectivity index (χ3v) is 2.84. The number of furan rings is 1. The Morgan fingerprint density at radius 3 is 2.89 bits per heavy atom. The van der Waals surface area contributed by atoms with Gasteiger partial charge in [-0.25, -0.2) is 4.79 Å². The largest absolute Gasteiger partial charge is 0.453 e. The zero-order chi connectivity index (χ0) is 12.5. The second kappa shape index (κ2) is 4.03. The van der Waals surface area contributed by atoms with E-state index in [4.69, 9.17) is 4.42 Å². The molecule has 1 aliphatic rings. The molecule has 0 bridgehead atoms. The molecule has 0 spiro atoms. The topological polar surface area (TPSA) is 71.3 Å². The Kier molecular flexibility index (Phi) is 2.37. The average molecular weight is 242 g/mol. The first-order chi connectivity index (χ1) is 8.78. The predicted molar refractivity (Wildman–Crippen MR) is 65.4 cm³/mol. The Labute approximate surface area is 103 Å². The van der Waals surface area contributed by atoms with E-state index in [1.54, 1.807) is 12.1 Å². The van der Waals surface area contributed by atoms with Gasteiger partial charge in [0.1, 0.15) is 5.76 Å². The van der Waals surface area contributed by atoms with Gasteiger partial charge in [0.2, 0.25) is 0 Å². The fourth-order valence-corrected chi connectivity index (χ4v) is 1.99. The van der Waals surface area contributed by atoms with Crippen LogP contribution >= 0.6 is 0 Å². The average Bonchev–Trinajstić information content (AvgIpc) is 2.86. The summed E-state index contributed by atoms with van der Waals surface area (Å²) in [6.07, 6.45) is 0.652. The van der Waals surface area contributed by atoms with Crippen molar-refractivity contribution in [1.29, 1.82) is 0 Å². The molecule has 3 rings (SSSR count). The summed E-state index contributed by atoms with van der Waals surface area (Å²) in [5, 5.41) is 5.45. The van der Waals surface area contributed by atoms with Gasteiger partial charge in [-0.15, -0.1) is 0 Å². The summed E-state index contributed by atoms with van der Waals surface area (Å²) < 4.78 is 5.38. The van der Waals surface area contributed by atoms with Crippen LogP contribution in [0.15, 0.2) is 34.7 Å². The van der Waals surface area contributed by atoms with E-state index in [0.717, 1.165) is 16.8 Å². The molecule has 0 saturated carbocycles. The second-order valence-corrected chi connectivity index (χ2v) is 3.97. The Hall–Kier alpha value is -2.56. The molecule has 0 atom stereocenters. The highest BCUT2D eigenvalue weighted by Gasteiger charge is 2.19. The van der Waals surface area contributed by atoms with Gasteiger partial charge in [-0.1, -0.05) is 12.1 Å².